The molecule has 0 aromatic carbocycles. The third kappa shape index (κ3) is 2.81. The lowest BCUT2D eigenvalue weighted by atomic mass is 10.2. The molecule has 0 spiro atoms. The van der Waals surface area contributed by atoms with Crippen molar-refractivity contribution in [3.8, 4) is 0 Å². The molecule has 0 fully saturated rings. The summed E-state index contributed by atoms with van der Waals surface area (Å²) < 4.78 is 0.254. The number of aromatic nitrogens is 2. The van der Waals surface area contributed by atoms with Crippen LogP contribution in [-0.4, -0.2) is 15.9 Å². The Morgan fingerprint density at radius 1 is 1.71 bits per heavy atom. The standard InChI is InChI=1S/C8H12N4OS/c1-4(2)7(13)11-6-3-5(9)10-8(14)12-6/h3-4H,1-2H3,(H4,9,10,11,12,13,14). The largest absolute Gasteiger partial charge is 0.385 e. The zero-order chi connectivity index (χ0) is 10.7. The summed E-state index contributed by atoms with van der Waals surface area (Å²) in [6.07, 6.45) is 0. The van der Waals surface area contributed by atoms with Crippen molar-refractivity contribution in [1.82, 2.24) is 9.97 Å². The molecule has 0 radical (unpaired) electrons. The number of H-pyrrole nitrogens is 1. The first-order valence-corrected chi connectivity index (χ1v) is 4.57. The van der Waals surface area contributed by atoms with Crippen molar-refractivity contribution >= 4 is 29.8 Å². The van der Waals surface area contributed by atoms with E-state index < -0.39 is 0 Å². The Bertz CT molecular complexity index is 399. The lowest BCUT2D eigenvalue weighted by Crippen LogP contribution is -2.18. The molecule has 0 aliphatic heterocycles. The van der Waals surface area contributed by atoms with Crippen LogP contribution in [-0.2, 0) is 4.79 Å². The van der Waals surface area contributed by atoms with E-state index in [-0.39, 0.29) is 16.6 Å². The maximum absolute atomic E-state index is 11.3. The van der Waals surface area contributed by atoms with Gasteiger partial charge in [0.2, 0.25) is 5.91 Å². The molecular weight excluding hydrogens is 200 g/mol. The molecule has 1 aromatic rings. The van der Waals surface area contributed by atoms with E-state index in [1.165, 1.54) is 6.07 Å². The lowest BCUT2D eigenvalue weighted by Gasteiger charge is -2.06. The molecule has 0 saturated heterocycles. The maximum atomic E-state index is 11.3. The second kappa shape index (κ2) is 4.19. The summed E-state index contributed by atoms with van der Waals surface area (Å²) in [7, 11) is 0. The van der Waals surface area contributed by atoms with Gasteiger partial charge in [0.1, 0.15) is 11.6 Å². The van der Waals surface area contributed by atoms with Crippen LogP contribution in [0.5, 0.6) is 0 Å². The topological polar surface area (TPSA) is 83.8 Å². The number of amides is 1. The second-order valence-corrected chi connectivity index (χ2v) is 3.56. The highest BCUT2D eigenvalue weighted by molar-refractivity contribution is 7.71. The van der Waals surface area contributed by atoms with Crippen LogP contribution < -0.4 is 11.1 Å². The van der Waals surface area contributed by atoms with E-state index in [1.54, 1.807) is 13.8 Å². The summed E-state index contributed by atoms with van der Waals surface area (Å²) in [5.41, 5.74) is 5.50. The minimum Gasteiger partial charge on any atom is -0.385 e. The van der Waals surface area contributed by atoms with Crippen molar-refractivity contribution < 1.29 is 4.79 Å². The van der Waals surface area contributed by atoms with Gasteiger partial charge in [-0.25, -0.2) is 4.98 Å². The Kier molecular flexibility index (Phi) is 3.19. The van der Waals surface area contributed by atoms with Gasteiger partial charge >= 0.3 is 0 Å². The Morgan fingerprint density at radius 3 is 2.86 bits per heavy atom. The summed E-state index contributed by atoms with van der Waals surface area (Å²) in [5.74, 6) is 0.544. The van der Waals surface area contributed by atoms with Crippen LogP contribution in [0.25, 0.3) is 0 Å². The predicted octanol–water partition coefficient (Wildman–Crippen LogP) is 1.32. The molecule has 4 N–H and O–H groups in total. The summed E-state index contributed by atoms with van der Waals surface area (Å²) in [6.45, 7) is 3.59. The highest BCUT2D eigenvalue weighted by atomic mass is 32.1. The number of hydrogen-bond acceptors (Lipinski definition) is 4. The van der Waals surface area contributed by atoms with Gasteiger partial charge in [-0.3, -0.25) is 4.79 Å². The second-order valence-electron chi connectivity index (χ2n) is 3.17. The first-order valence-electron chi connectivity index (χ1n) is 4.16. The summed E-state index contributed by atoms with van der Waals surface area (Å²) in [6, 6.07) is 1.52. The zero-order valence-electron chi connectivity index (χ0n) is 8.00. The molecule has 0 unspecified atom stereocenters. The number of aromatic amines is 1. The van der Waals surface area contributed by atoms with Crippen LogP contribution in [0.3, 0.4) is 0 Å². The highest BCUT2D eigenvalue weighted by Crippen LogP contribution is 2.07. The Hall–Kier alpha value is -1.43. The molecule has 1 rings (SSSR count). The van der Waals surface area contributed by atoms with Gasteiger partial charge in [0.15, 0.2) is 4.77 Å². The number of carbonyl (C=O) groups excluding carboxylic acids is 1. The minimum atomic E-state index is -0.113. The summed E-state index contributed by atoms with van der Waals surface area (Å²) in [5, 5.41) is 2.61. The Labute approximate surface area is 86.7 Å². The zero-order valence-corrected chi connectivity index (χ0v) is 8.81. The number of nitrogen functional groups attached to an aromatic ring is 1. The number of carbonyl (C=O) groups is 1. The van der Waals surface area contributed by atoms with E-state index >= 15 is 0 Å². The van der Waals surface area contributed by atoms with E-state index in [0.717, 1.165) is 0 Å². The van der Waals surface area contributed by atoms with Gasteiger partial charge in [0.25, 0.3) is 0 Å². The third-order valence-corrected chi connectivity index (χ3v) is 1.73. The Balaban J connectivity index is 2.87. The lowest BCUT2D eigenvalue weighted by molar-refractivity contribution is -0.118. The normalized spacial score (nSPS) is 10.2. The fourth-order valence-electron chi connectivity index (χ4n) is 0.811. The van der Waals surface area contributed by atoms with Crippen molar-refractivity contribution in [2.45, 2.75) is 13.8 Å². The molecule has 0 atom stereocenters. The van der Waals surface area contributed by atoms with Crippen LogP contribution in [0.15, 0.2) is 6.07 Å². The first-order chi connectivity index (χ1) is 6.49. The number of nitrogens with zero attached hydrogens (tertiary/aromatic N) is 1. The highest BCUT2D eigenvalue weighted by Gasteiger charge is 2.07. The maximum Gasteiger partial charge on any atom is 0.228 e. The molecular formula is C8H12N4OS. The monoisotopic (exact) mass is 212 g/mol. The van der Waals surface area contributed by atoms with E-state index in [0.29, 0.717) is 11.6 Å². The molecule has 6 heteroatoms. The molecule has 1 aromatic heterocycles. The molecule has 0 saturated carbocycles. The average molecular weight is 212 g/mol. The van der Waals surface area contributed by atoms with Gasteiger partial charge in [0, 0.05) is 12.0 Å². The SMILES string of the molecule is CC(C)C(=O)Nc1cc(N)[nH]c(=S)n1. The van der Waals surface area contributed by atoms with E-state index in [4.69, 9.17) is 18.0 Å². The minimum absolute atomic E-state index is 0.101. The van der Waals surface area contributed by atoms with Gasteiger partial charge in [0.05, 0.1) is 0 Å². The average Bonchev–Trinajstić information content (AvgIpc) is 2.01. The van der Waals surface area contributed by atoms with E-state index in [1.807, 2.05) is 0 Å². The van der Waals surface area contributed by atoms with Gasteiger partial charge in [-0.1, -0.05) is 13.8 Å². The van der Waals surface area contributed by atoms with Crippen LogP contribution in [0, 0.1) is 10.7 Å². The number of nitrogens with two attached hydrogens (primary N) is 1. The van der Waals surface area contributed by atoms with Crippen LogP contribution in [0.4, 0.5) is 11.6 Å². The fourth-order valence-corrected chi connectivity index (χ4v) is 1.03. The van der Waals surface area contributed by atoms with Crippen molar-refractivity contribution in [2.24, 2.45) is 5.92 Å². The number of anilines is 2. The molecule has 5 nitrogen and oxygen atoms in total. The molecule has 14 heavy (non-hydrogen) atoms. The van der Waals surface area contributed by atoms with E-state index in [2.05, 4.69) is 15.3 Å². The smallest absolute Gasteiger partial charge is 0.228 e. The quantitative estimate of drug-likeness (QED) is 0.645. The van der Waals surface area contributed by atoms with Crippen molar-refractivity contribution in [2.75, 3.05) is 11.1 Å². The van der Waals surface area contributed by atoms with Crippen molar-refractivity contribution in [1.29, 1.82) is 0 Å². The first kappa shape index (κ1) is 10.6. The number of rotatable bonds is 2. The predicted molar refractivity (Wildman–Crippen MR) is 57.3 cm³/mol. The number of hydrogen-bond donors (Lipinski definition) is 3. The molecule has 0 bridgehead atoms. The molecule has 76 valence electrons. The van der Waals surface area contributed by atoms with Gasteiger partial charge in [-0.05, 0) is 12.2 Å². The molecule has 0 aliphatic carbocycles. The summed E-state index contributed by atoms with van der Waals surface area (Å²) in [4.78, 5) is 17.8. The molecule has 0 aliphatic rings. The van der Waals surface area contributed by atoms with Crippen LogP contribution >= 0.6 is 12.2 Å². The van der Waals surface area contributed by atoms with Gasteiger partial charge in [-0.15, -0.1) is 0 Å². The van der Waals surface area contributed by atoms with Gasteiger partial charge < -0.3 is 16.0 Å². The van der Waals surface area contributed by atoms with Crippen LogP contribution in [0.2, 0.25) is 0 Å². The molecule has 1 heterocycles. The van der Waals surface area contributed by atoms with Crippen molar-refractivity contribution in [3.05, 3.63) is 10.8 Å². The molecule has 1 amide bonds. The Morgan fingerprint density at radius 2 is 2.36 bits per heavy atom. The third-order valence-electron chi connectivity index (χ3n) is 1.54. The summed E-state index contributed by atoms with van der Waals surface area (Å²) >= 11 is 4.81. The fraction of sp³-hybridized carbons (Fsp3) is 0.375. The van der Waals surface area contributed by atoms with E-state index in [9.17, 15) is 4.79 Å². The van der Waals surface area contributed by atoms with Crippen LogP contribution in [0.1, 0.15) is 13.8 Å². The van der Waals surface area contributed by atoms with Crippen molar-refractivity contribution in [3.63, 3.8) is 0 Å². The number of nitrogens with one attached hydrogen (secondary N) is 2. The van der Waals surface area contributed by atoms with Gasteiger partial charge in [-0.2, -0.15) is 0 Å².